The normalized spacial score (nSPS) is 10.3. The van der Waals surface area contributed by atoms with Crippen molar-refractivity contribution in [2.24, 2.45) is 0 Å². The molecular weight excluding hydrogens is 364 g/mol. The van der Waals surface area contributed by atoms with Crippen LogP contribution in [-0.4, -0.2) is 22.5 Å². The van der Waals surface area contributed by atoms with E-state index in [0.717, 1.165) is 5.69 Å². The van der Waals surface area contributed by atoms with Crippen molar-refractivity contribution < 1.29 is 9.53 Å². The molecule has 1 heterocycles. The molecule has 3 aromatic rings. The minimum atomic E-state index is -0.386. The standard InChI is InChI=1S/C20H19ClN4O2/c1-3-27-20(26)16-9-4-5-10-17(16)25-19-12-18(22-13(2)23-19)24-15-8-6-7-14(21)11-15/h4-12H,3H2,1-2H3,(H2,22,23,24,25). The van der Waals surface area contributed by atoms with Crippen LogP contribution < -0.4 is 10.6 Å². The molecule has 3 rings (SSSR count). The lowest BCUT2D eigenvalue weighted by Gasteiger charge is -2.13. The summed E-state index contributed by atoms with van der Waals surface area (Å²) in [6.07, 6.45) is 0. The fourth-order valence-electron chi connectivity index (χ4n) is 2.53. The van der Waals surface area contributed by atoms with Gasteiger partial charge in [0.05, 0.1) is 17.9 Å². The number of para-hydroxylation sites is 1. The number of rotatable bonds is 6. The maximum Gasteiger partial charge on any atom is 0.340 e. The van der Waals surface area contributed by atoms with E-state index in [1.54, 1.807) is 44.2 Å². The predicted octanol–water partition coefficient (Wildman–Crippen LogP) is 5.10. The molecule has 0 aliphatic heterocycles. The van der Waals surface area contributed by atoms with E-state index >= 15 is 0 Å². The Morgan fingerprint density at radius 2 is 1.78 bits per heavy atom. The van der Waals surface area contributed by atoms with E-state index in [9.17, 15) is 4.79 Å². The second kappa shape index (κ2) is 8.51. The molecule has 138 valence electrons. The largest absolute Gasteiger partial charge is 0.462 e. The van der Waals surface area contributed by atoms with Crippen LogP contribution in [0.1, 0.15) is 23.1 Å². The van der Waals surface area contributed by atoms with Crippen LogP contribution in [0.4, 0.5) is 23.0 Å². The minimum Gasteiger partial charge on any atom is -0.462 e. The molecular formula is C20H19ClN4O2. The summed E-state index contributed by atoms with van der Waals surface area (Å²) in [7, 11) is 0. The highest BCUT2D eigenvalue weighted by Crippen LogP contribution is 2.24. The molecule has 27 heavy (non-hydrogen) atoms. The molecule has 1 aromatic heterocycles. The number of anilines is 4. The first-order valence-corrected chi connectivity index (χ1v) is 8.84. The van der Waals surface area contributed by atoms with Gasteiger partial charge in [0.1, 0.15) is 17.5 Å². The average molecular weight is 383 g/mol. The van der Waals surface area contributed by atoms with Gasteiger partial charge in [-0.05, 0) is 44.2 Å². The Morgan fingerprint density at radius 3 is 2.52 bits per heavy atom. The van der Waals surface area contributed by atoms with Crippen LogP contribution in [0.15, 0.2) is 54.6 Å². The number of hydrogen-bond acceptors (Lipinski definition) is 6. The van der Waals surface area contributed by atoms with Crippen molar-refractivity contribution in [2.75, 3.05) is 17.2 Å². The fraction of sp³-hybridized carbons (Fsp3) is 0.150. The highest BCUT2D eigenvalue weighted by molar-refractivity contribution is 6.30. The maximum atomic E-state index is 12.1. The summed E-state index contributed by atoms with van der Waals surface area (Å²) in [5.41, 5.74) is 1.88. The first-order valence-electron chi connectivity index (χ1n) is 8.46. The van der Waals surface area contributed by atoms with Gasteiger partial charge in [-0.2, -0.15) is 0 Å². The van der Waals surface area contributed by atoms with Gasteiger partial charge in [0, 0.05) is 16.8 Å². The number of hydrogen-bond donors (Lipinski definition) is 2. The van der Waals surface area contributed by atoms with Crippen LogP contribution in [0.3, 0.4) is 0 Å². The fourth-order valence-corrected chi connectivity index (χ4v) is 2.72. The first kappa shape index (κ1) is 18.7. The molecule has 0 aliphatic rings. The van der Waals surface area contributed by atoms with Crippen molar-refractivity contribution in [3.05, 3.63) is 71.0 Å². The molecule has 2 N–H and O–H groups in total. The number of nitrogens with zero attached hydrogens (tertiary/aromatic N) is 2. The quantitative estimate of drug-likeness (QED) is 0.577. The van der Waals surface area contributed by atoms with Crippen LogP contribution >= 0.6 is 11.6 Å². The number of carbonyl (C=O) groups is 1. The van der Waals surface area contributed by atoms with E-state index in [2.05, 4.69) is 20.6 Å². The number of halogens is 1. The topological polar surface area (TPSA) is 76.1 Å². The lowest BCUT2D eigenvalue weighted by molar-refractivity contribution is 0.0527. The molecule has 0 saturated heterocycles. The summed E-state index contributed by atoms with van der Waals surface area (Å²) < 4.78 is 5.11. The Kier molecular flexibility index (Phi) is 5.88. The van der Waals surface area contributed by atoms with E-state index < -0.39 is 0 Å². The van der Waals surface area contributed by atoms with Gasteiger partial charge >= 0.3 is 5.97 Å². The third-order valence-electron chi connectivity index (χ3n) is 3.62. The molecule has 7 heteroatoms. The van der Waals surface area contributed by atoms with E-state index in [0.29, 0.717) is 40.3 Å². The summed E-state index contributed by atoms with van der Waals surface area (Å²) in [5, 5.41) is 7.01. The highest BCUT2D eigenvalue weighted by Gasteiger charge is 2.13. The molecule has 0 bridgehead atoms. The van der Waals surface area contributed by atoms with Crippen LogP contribution in [0.5, 0.6) is 0 Å². The number of esters is 1. The van der Waals surface area contributed by atoms with E-state index in [-0.39, 0.29) is 5.97 Å². The first-order chi connectivity index (χ1) is 13.0. The molecule has 2 aromatic carbocycles. The smallest absolute Gasteiger partial charge is 0.340 e. The number of ether oxygens (including phenoxy) is 1. The van der Waals surface area contributed by atoms with Gasteiger partial charge < -0.3 is 15.4 Å². The number of benzene rings is 2. The summed E-state index contributed by atoms with van der Waals surface area (Å²) in [5.74, 6) is 1.37. The van der Waals surface area contributed by atoms with Gasteiger partial charge in [0.15, 0.2) is 0 Å². The molecule has 0 amide bonds. The van der Waals surface area contributed by atoms with Gasteiger partial charge in [-0.3, -0.25) is 0 Å². The zero-order valence-electron chi connectivity index (χ0n) is 15.0. The zero-order chi connectivity index (χ0) is 19.2. The van der Waals surface area contributed by atoms with Gasteiger partial charge in [0.25, 0.3) is 0 Å². The van der Waals surface area contributed by atoms with Gasteiger partial charge in [0.2, 0.25) is 0 Å². The van der Waals surface area contributed by atoms with Gasteiger partial charge in [-0.15, -0.1) is 0 Å². The Morgan fingerprint density at radius 1 is 1.04 bits per heavy atom. The van der Waals surface area contributed by atoms with E-state index in [1.807, 2.05) is 24.3 Å². The van der Waals surface area contributed by atoms with Gasteiger partial charge in [-0.1, -0.05) is 29.8 Å². The van der Waals surface area contributed by atoms with Crippen molar-refractivity contribution in [2.45, 2.75) is 13.8 Å². The molecule has 6 nitrogen and oxygen atoms in total. The molecule has 0 spiro atoms. The summed E-state index contributed by atoms with van der Waals surface area (Å²) >= 11 is 6.02. The molecule has 0 radical (unpaired) electrons. The summed E-state index contributed by atoms with van der Waals surface area (Å²) in [4.78, 5) is 20.9. The number of aryl methyl sites for hydroxylation is 1. The number of aromatic nitrogens is 2. The zero-order valence-corrected chi connectivity index (χ0v) is 15.7. The molecule has 0 unspecified atom stereocenters. The predicted molar refractivity (Wildman–Crippen MR) is 107 cm³/mol. The van der Waals surface area contributed by atoms with Crippen LogP contribution in [0.25, 0.3) is 0 Å². The third kappa shape index (κ3) is 4.95. The average Bonchev–Trinajstić information content (AvgIpc) is 2.62. The summed E-state index contributed by atoms with van der Waals surface area (Å²) in [6.45, 7) is 3.88. The van der Waals surface area contributed by atoms with E-state index in [1.165, 1.54) is 0 Å². The van der Waals surface area contributed by atoms with Crippen molar-refractivity contribution >= 4 is 40.6 Å². The van der Waals surface area contributed by atoms with Crippen LogP contribution in [-0.2, 0) is 4.74 Å². The Labute approximate surface area is 162 Å². The van der Waals surface area contributed by atoms with Crippen molar-refractivity contribution in [1.82, 2.24) is 9.97 Å². The molecule has 0 aliphatic carbocycles. The Bertz CT molecular complexity index is 962. The van der Waals surface area contributed by atoms with Gasteiger partial charge in [-0.25, -0.2) is 14.8 Å². The van der Waals surface area contributed by atoms with Crippen LogP contribution in [0.2, 0.25) is 5.02 Å². The summed E-state index contributed by atoms with van der Waals surface area (Å²) in [6, 6.07) is 16.3. The minimum absolute atomic E-state index is 0.313. The number of nitrogens with one attached hydrogen (secondary N) is 2. The monoisotopic (exact) mass is 382 g/mol. The lowest BCUT2D eigenvalue weighted by Crippen LogP contribution is -2.09. The molecule has 0 saturated carbocycles. The Hall–Kier alpha value is -3.12. The molecule has 0 atom stereocenters. The second-order valence-corrected chi connectivity index (χ2v) is 6.15. The third-order valence-corrected chi connectivity index (χ3v) is 3.86. The maximum absolute atomic E-state index is 12.1. The number of carbonyl (C=O) groups excluding carboxylic acids is 1. The van der Waals surface area contributed by atoms with Crippen molar-refractivity contribution in [3.63, 3.8) is 0 Å². The molecule has 0 fully saturated rings. The highest BCUT2D eigenvalue weighted by atomic mass is 35.5. The second-order valence-electron chi connectivity index (χ2n) is 5.71. The van der Waals surface area contributed by atoms with Crippen LogP contribution in [0, 0.1) is 6.92 Å². The van der Waals surface area contributed by atoms with Crippen molar-refractivity contribution in [1.29, 1.82) is 0 Å². The SMILES string of the molecule is CCOC(=O)c1ccccc1Nc1cc(Nc2cccc(Cl)c2)nc(C)n1. The van der Waals surface area contributed by atoms with E-state index in [4.69, 9.17) is 16.3 Å². The van der Waals surface area contributed by atoms with Crippen molar-refractivity contribution in [3.8, 4) is 0 Å². The Balaban J connectivity index is 1.86. The lowest BCUT2D eigenvalue weighted by atomic mass is 10.2.